The molecule has 2 rings (SSSR count). The normalized spacial score (nSPS) is 25.5. The zero-order chi connectivity index (χ0) is 13.8. The molecule has 0 aromatic rings. The first kappa shape index (κ1) is 14.1. The predicted molar refractivity (Wildman–Crippen MR) is 67.8 cm³/mol. The minimum absolute atomic E-state index is 0.251. The first-order valence-corrected chi connectivity index (χ1v) is 6.75. The van der Waals surface area contributed by atoms with E-state index in [1.165, 1.54) is 12.8 Å². The van der Waals surface area contributed by atoms with Crippen molar-refractivity contribution in [1.82, 2.24) is 15.1 Å². The average molecular weight is 271 g/mol. The largest absolute Gasteiger partial charge is 0.479 e. The van der Waals surface area contributed by atoms with Crippen LogP contribution in [-0.4, -0.2) is 76.9 Å². The van der Waals surface area contributed by atoms with Gasteiger partial charge in [0.2, 0.25) is 0 Å². The summed E-state index contributed by atoms with van der Waals surface area (Å²) >= 11 is 0. The summed E-state index contributed by atoms with van der Waals surface area (Å²) in [5.74, 6) is -1.32. The lowest BCUT2D eigenvalue weighted by Gasteiger charge is -2.23. The number of carbonyl (C=O) groups excluding carboxylic acids is 1. The van der Waals surface area contributed by atoms with Crippen molar-refractivity contribution in [3.8, 4) is 0 Å². The van der Waals surface area contributed by atoms with Gasteiger partial charge in [-0.15, -0.1) is 0 Å². The first-order chi connectivity index (χ1) is 9.08. The highest BCUT2D eigenvalue weighted by Crippen LogP contribution is 2.20. The number of carboxylic acids is 1. The number of likely N-dealkylation sites (tertiary alicyclic amines) is 2. The molecule has 19 heavy (non-hydrogen) atoms. The van der Waals surface area contributed by atoms with Crippen LogP contribution in [-0.2, 0) is 4.79 Å². The Morgan fingerprint density at radius 3 is 2.58 bits per heavy atom. The van der Waals surface area contributed by atoms with Crippen molar-refractivity contribution in [3.63, 3.8) is 0 Å². The van der Waals surface area contributed by atoms with Crippen LogP contribution in [0.3, 0.4) is 0 Å². The number of aliphatic carboxylic acids is 1. The van der Waals surface area contributed by atoms with Crippen LogP contribution in [0.15, 0.2) is 0 Å². The van der Waals surface area contributed by atoms with Crippen LogP contribution in [0.2, 0.25) is 0 Å². The fourth-order valence-electron chi connectivity index (χ4n) is 2.71. The van der Waals surface area contributed by atoms with E-state index in [-0.39, 0.29) is 12.6 Å². The summed E-state index contributed by atoms with van der Waals surface area (Å²) in [7, 11) is 0. The van der Waals surface area contributed by atoms with E-state index < -0.39 is 12.1 Å². The van der Waals surface area contributed by atoms with Gasteiger partial charge >= 0.3 is 12.0 Å². The van der Waals surface area contributed by atoms with Crippen LogP contribution in [0.1, 0.15) is 19.3 Å². The molecule has 0 saturated carbocycles. The van der Waals surface area contributed by atoms with Crippen molar-refractivity contribution in [2.75, 3.05) is 32.7 Å². The maximum absolute atomic E-state index is 11.8. The smallest absolute Gasteiger partial charge is 0.334 e. The quantitative estimate of drug-likeness (QED) is 0.629. The molecule has 0 aromatic heterocycles. The van der Waals surface area contributed by atoms with Gasteiger partial charge in [0.1, 0.15) is 0 Å². The lowest BCUT2D eigenvalue weighted by molar-refractivity contribution is -0.146. The molecule has 0 aliphatic carbocycles. The number of hydrogen-bond acceptors (Lipinski definition) is 4. The minimum atomic E-state index is -1.54. The zero-order valence-electron chi connectivity index (χ0n) is 10.9. The summed E-state index contributed by atoms with van der Waals surface area (Å²) in [6.45, 7) is 3.35. The van der Waals surface area contributed by atoms with E-state index in [4.69, 9.17) is 10.2 Å². The Morgan fingerprint density at radius 2 is 1.95 bits per heavy atom. The molecule has 2 aliphatic rings. The second-order valence-electron chi connectivity index (χ2n) is 5.17. The Morgan fingerprint density at radius 1 is 1.26 bits per heavy atom. The van der Waals surface area contributed by atoms with Crippen LogP contribution in [0, 0.1) is 0 Å². The van der Waals surface area contributed by atoms with Crippen molar-refractivity contribution >= 4 is 12.0 Å². The third kappa shape index (κ3) is 3.57. The molecule has 2 saturated heterocycles. The van der Waals surface area contributed by atoms with Gasteiger partial charge in [-0.25, -0.2) is 9.59 Å². The minimum Gasteiger partial charge on any atom is -0.479 e. The Kier molecular flexibility index (Phi) is 4.60. The first-order valence-electron chi connectivity index (χ1n) is 6.75. The average Bonchev–Trinajstić information content (AvgIpc) is 3.04. The lowest BCUT2D eigenvalue weighted by Crippen LogP contribution is -2.45. The maximum Gasteiger partial charge on any atom is 0.334 e. The van der Waals surface area contributed by atoms with Gasteiger partial charge in [0.25, 0.3) is 0 Å². The monoisotopic (exact) mass is 271 g/mol. The molecule has 7 heteroatoms. The van der Waals surface area contributed by atoms with E-state index in [0.29, 0.717) is 19.1 Å². The zero-order valence-corrected chi connectivity index (χ0v) is 10.9. The number of aliphatic hydroxyl groups is 1. The number of nitrogens with one attached hydrogen (secondary N) is 1. The molecular weight excluding hydrogens is 250 g/mol. The molecule has 0 bridgehead atoms. The van der Waals surface area contributed by atoms with Gasteiger partial charge < -0.3 is 20.4 Å². The van der Waals surface area contributed by atoms with Gasteiger partial charge in [-0.1, -0.05) is 0 Å². The maximum atomic E-state index is 11.8. The Hall–Kier alpha value is -1.34. The summed E-state index contributed by atoms with van der Waals surface area (Å²) in [6, 6.07) is 0.139. The molecule has 2 aliphatic heterocycles. The molecule has 2 atom stereocenters. The molecule has 2 amide bonds. The molecule has 3 N–H and O–H groups in total. The number of carboxylic acid groups (broad SMARTS) is 1. The van der Waals surface area contributed by atoms with E-state index in [1.54, 1.807) is 4.90 Å². The predicted octanol–water partition coefficient (Wildman–Crippen LogP) is -0.688. The number of urea groups is 1. The molecule has 0 radical (unpaired) electrons. The Bertz CT molecular complexity index is 344. The van der Waals surface area contributed by atoms with Crippen LogP contribution < -0.4 is 5.32 Å². The van der Waals surface area contributed by atoms with E-state index in [9.17, 15) is 9.59 Å². The SMILES string of the molecule is O=C(O)[C@@H](O)CNC(=O)N1CCC(N2CCCC2)C1. The fraction of sp³-hybridized carbons (Fsp3) is 0.833. The Labute approximate surface area is 112 Å². The Balaban J connectivity index is 1.73. The number of rotatable bonds is 4. The third-order valence-corrected chi connectivity index (χ3v) is 3.84. The van der Waals surface area contributed by atoms with Gasteiger partial charge in [0.15, 0.2) is 6.10 Å². The van der Waals surface area contributed by atoms with Gasteiger partial charge in [0, 0.05) is 19.1 Å². The third-order valence-electron chi connectivity index (χ3n) is 3.84. The topological polar surface area (TPSA) is 93.1 Å². The van der Waals surface area contributed by atoms with E-state index in [2.05, 4.69) is 10.2 Å². The van der Waals surface area contributed by atoms with Crippen LogP contribution in [0.25, 0.3) is 0 Å². The fourth-order valence-corrected chi connectivity index (χ4v) is 2.71. The number of amides is 2. The van der Waals surface area contributed by atoms with Gasteiger partial charge in [-0.2, -0.15) is 0 Å². The van der Waals surface area contributed by atoms with E-state index in [1.807, 2.05) is 0 Å². The van der Waals surface area contributed by atoms with Crippen molar-refractivity contribution in [3.05, 3.63) is 0 Å². The second kappa shape index (κ2) is 6.21. The lowest BCUT2D eigenvalue weighted by atomic mass is 10.2. The summed E-state index contributed by atoms with van der Waals surface area (Å²) in [4.78, 5) is 26.4. The standard InChI is InChI=1S/C12H21N3O4/c16-10(11(17)18)7-13-12(19)15-6-3-9(8-15)14-4-1-2-5-14/h9-10,16H,1-8H2,(H,13,19)(H,17,18)/t9?,10-/m0/s1. The van der Waals surface area contributed by atoms with Crippen LogP contribution in [0.4, 0.5) is 4.79 Å². The number of nitrogens with zero attached hydrogens (tertiary/aromatic N) is 2. The molecule has 108 valence electrons. The number of carbonyl (C=O) groups is 2. The van der Waals surface area contributed by atoms with Crippen molar-refractivity contribution < 1.29 is 19.8 Å². The van der Waals surface area contributed by atoms with E-state index in [0.717, 1.165) is 19.5 Å². The molecule has 0 spiro atoms. The highest BCUT2D eigenvalue weighted by Gasteiger charge is 2.31. The van der Waals surface area contributed by atoms with Gasteiger partial charge in [-0.3, -0.25) is 4.90 Å². The molecule has 2 heterocycles. The summed E-state index contributed by atoms with van der Waals surface area (Å²) in [5, 5.41) is 20.1. The van der Waals surface area contributed by atoms with Crippen LogP contribution >= 0.6 is 0 Å². The molecule has 1 unspecified atom stereocenters. The number of hydrogen-bond donors (Lipinski definition) is 3. The second-order valence-corrected chi connectivity index (χ2v) is 5.17. The van der Waals surface area contributed by atoms with Gasteiger partial charge in [0.05, 0.1) is 6.54 Å². The molecular formula is C12H21N3O4. The highest BCUT2D eigenvalue weighted by atomic mass is 16.4. The van der Waals surface area contributed by atoms with Crippen molar-refractivity contribution in [2.45, 2.75) is 31.4 Å². The molecule has 2 fully saturated rings. The van der Waals surface area contributed by atoms with Crippen molar-refractivity contribution in [2.24, 2.45) is 0 Å². The highest BCUT2D eigenvalue weighted by molar-refractivity contribution is 5.77. The van der Waals surface area contributed by atoms with Crippen molar-refractivity contribution in [1.29, 1.82) is 0 Å². The summed E-state index contributed by atoms with van der Waals surface area (Å²) in [5.41, 5.74) is 0. The molecule has 0 aromatic carbocycles. The molecule has 7 nitrogen and oxygen atoms in total. The van der Waals surface area contributed by atoms with Crippen LogP contribution in [0.5, 0.6) is 0 Å². The van der Waals surface area contributed by atoms with Gasteiger partial charge in [-0.05, 0) is 32.4 Å². The number of aliphatic hydroxyl groups excluding tert-OH is 1. The summed E-state index contributed by atoms with van der Waals surface area (Å²) < 4.78 is 0. The summed E-state index contributed by atoms with van der Waals surface area (Å²) in [6.07, 6.45) is 1.89. The van der Waals surface area contributed by atoms with E-state index >= 15 is 0 Å².